The molecule has 23 heavy (non-hydrogen) atoms. The van der Waals surface area contributed by atoms with Gasteiger partial charge >= 0.3 is 6.11 Å². The molecule has 0 bridgehead atoms. The Bertz CT molecular complexity index is 731. The molecule has 2 aromatic rings. The summed E-state index contributed by atoms with van der Waals surface area (Å²) in [6.45, 7) is 1.67. The maximum absolute atomic E-state index is 14.0. The average Bonchev–Trinajstić information content (AvgIpc) is 2.44. The van der Waals surface area contributed by atoms with Gasteiger partial charge in [-0.25, -0.2) is 17.6 Å². The number of benzene rings is 2. The van der Waals surface area contributed by atoms with Crippen LogP contribution in [0.3, 0.4) is 0 Å². The molecule has 122 valence electrons. The van der Waals surface area contributed by atoms with Crippen molar-refractivity contribution in [2.75, 3.05) is 0 Å². The van der Waals surface area contributed by atoms with Crippen molar-refractivity contribution in [2.45, 2.75) is 13.0 Å². The van der Waals surface area contributed by atoms with E-state index >= 15 is 0 Å². The highest BCUT2D eigenvalue weighted by Crippen LogP contribution is 2.34. The van der Waals surface area contributed by atoms with E-state index in [4.69, 9.17) is 0 Å². The minimum atomic E-state index is -4.20. The molecule has 0 saturated carbocycles. The zero-order chi connectivity index (χ0) is 17.2. The van der Waals surface area contributed by atoms with Crippen LogP contribution in [0.1, 0.15) is 18.1 Å². The fourth-order valence-corrected chi connectivity index (χ4v) is 1.86. The predicted molar refractivity (Wildman–Crippen MR) is 71.9 cm³/mol. The van der Waals surface area contributed by atoms with Gasteiger partial charge in [0.25, 0.3) is 0 Å². The molecule has 0 fully saturated rings. The Morgan fingerprint density at radius 1 is 0.913 bits per heavy atom. The van der Waals surface area contributed by atoms with Gasteiger partial charge in [-0.2, -0.15) is 8.78 Å². The molecule has 2 rings (SSSR count). The van der Waals surface area contributed by atoms with Gasteiger partial charge in [0.05, 0.1) is 5.56 Å². The smallest absolute Gasteiger partial charge is 0.429 e. The van der Waals surface area contributed by atoms with Crippen molar-refractivity contribution >= 4 is 6.08 Å². The first-order chi connectivity index (χ1) is 10.7. The van der Waals surface area contributed by atoms with Crippen LogP contribution in [0.4, 0.5) is 26.3 Å². The molecule has 7 heteroatoms. The summed E-state index contributed by atoms with van der Waals surface area (Å²) in [7, 11) is 0. The Hall–Kier alpha value is -2.44. The molecule has 1 nitrogen and oxygen atoms in total. The second-order valence-electron chi connectivity index (χ2n) is 4.56. The van der Waals surface area contributed by atoms with Gasteiger partial charge < -0.3 is 4.74 Å². The van der Waals surface area contributed by atoms with Crippen molar-refractivity contribution < 1.29 is 31.1 Å². The molecule has 0 unspecified atom stereocenters. The molecule has 0 amide bonds. The van der Waals surface area contributed by atoms with Gasteiger partial charge in [0.15, 0.2) is 17.5 Å². The van der Waals surface area contributed by atoms with Gasteiger partial charge in [0, 0.05) is 12.1 Å². The van der Waals surface area contributed by atoms with Crippen LogP contribution in [-0.2, 0) is 6.11 Å². The van der Waals surface area contributed by atoms with Crippen molar-refractivity contribution in [1.82, 2.24) is 0 Å². The van der Waals surface area contributed by atoms with Crippen LogP contribution in [-0.4, -0.2) is 0 Å². The number of alkyl halides is 2. The van der Waals surface area contributed by atoms with E-state index < -0.39 is 40.7 Å². The number of rotatable bonds is 4. The van der Waals surface area contributed by atoms with Gasteiger partial charge in [0.2, 0.25) is 0 Å². The van der Waals surface area contributed by atoms with Crippen molar-refractivity contribution in [3.63, 3.8) is 0 Å². The third-order valence-electron chi connectivity index (χ3n) is 2.87. The molecular weight excluding hydrogens is 322 g/mol. The van der Waals surface area contributed by atoms with Crippen molar-refractivity contribution in [3.05, 3.63) is 70.8 Å². The summed E-state index contributed by atoms with van der Waals surface area (Å²) in [6, 6.07) is 3.37. The first-order valence-electron chi connectivity index (χ1n) is 6.38. The lowest BCUT2D eigenvalue weighted by Gasteiger charge is -2.19. The van der Waals surface area contributed by atoms with E-state index in [0.29, 0.717) is 5.56 Å². The first-order valence-corrected chi connectivity index (χ1v) is 6.38. The number of hydrogen-bond donors (Lipinski definition) is 0. The summed E-state index contributed by atoms with van der Waals surface area (Å²) in [6.07, 6.45) is -1.11. The zero-order valence-electron chi connectivity index (χ0n) is 11.7. The zero-order valence-corrected chi connectivity index (χ0v) is 11.7. The summed E-state index contributed by atoms with van der Waals surface area (Å²) in [4.78, 5) is 0. The minimum Gasteiger partial charge on any atom is -0.429 e. The lowest BCUT2D eigenvalue weighted by atomic mass is 10.1. The van der Waals surface area contributed by atoms with Crippen LogP contribution in [0, 0.1) is 23.3 Å². The fourth-order valence-electron chi connectivity index (χ4n) is 1.86. The SMILES string of the molecule is CC=Cc1ccc(C(F)(F)Oc2cc(F)c(F)c(F)c2)c(F)c1. The van der Waals surface area contributed by atoms with Crippen LogP contribution < -0.4 is 4.74 Å². The third kappa shape index (κ3) is 3.67. The molecule has 0 aromatic heterocycles. The summed E-state index contributed by atoms with van der Waals surface area (Å²) in [5, 5.41) is 0. The quantitative estimate of drug-likeness (QED) is 0.538. The topological polar surface area (TPSA) is 9.23 Å². The largest absolute Gasteiger partial charge is 0.429 e. The molecule has 0 saturated heterocycles. The summed E-state index contributed by atoms with van der Waals surface area (Å²) in [5.74, 6) is -7.43. The van der Waals surface area contributed by atoms with Crippen molar-refractivity contribution in [2.24, 2.45) is 0 Å². The number of allylic oxidation sites excluding steroid dienone is 1. The molecule has 0 atom stereocenters. The highest BCUT2D eigenvalue weighted by molar-refractivity contribution is 5.50. The molecule has 2 aromatic carbocycles. The van der Waals surface area contributed by atoms with Crippen LogP contribution >= 0.6 is 0 Å². The molecule has 0 heterocycles. The summed E-state index contributed by atoms with van der Waals surface area (Å²) >= 11 is 0. The monoisotopic (exact) mass is 332 g/mol. The van der Waals surface area contributed by atoms with Gasteiger partial charge in [-0.1, -0.05) is 18.2 Å². The van der Waals surface area contributed by atoms with E-state index in [-0.39, 0.29) is 12.1 Å². The molecule has 0 aliphatic heterocycles. The Labute approximate surface area is 127 Å². The van der Waals surface area contributed by atoms with Crippen LogP contribution in [0.2, 0.25) is 0 Å². The number of halogens is 6. The molecule has 0 N–H and O–H groups in total. The fraction of sp³-hybridized carbons (Fsp3) is 0.125. The van der Waals surface area contributed by atoms with E-state index in [2.05, 4.69) is 4.74 Å². The highest BCUT2D eigenvalue weighted by Gasteiger charge is 2.38. The summed E-state index contributed by atoms with van der Waals surface area (Å²) in [5.41, 5.74) is -0.765. The van der Waals surface area contributed by atoms with E-state index in [1.165, 1.54) is 12.1 Å². The van der Waals surface area contributed by atoms with E-state index in [0.717, 1.165) is 12.1 Å². The maximum Gasteiger partial charge on any atom is 0.429 e. The molecule has 0 spiro atoms. The lowest BCUT2D eigenvalue weighted by Crippen LogP contribution is -2.23. The van der Waals surface area contributed by atoms with Crippen molar-refractivity contribution in [3.8, 4) is 5.75 Å². The second kappa shape index (κ2) is 6.36. The first kappa shape index (κ1) is 16.9. The molecule has 0 aliphatic carbocycles. The van der Waals surface area contributed by atoms with Crippen molar-refractivity contribution in [1.29, 1.82) is 0 Å². The van der Waals surface area contributed by atoms with Crippen LogP contribution in [0.25, 0.3) is 6.08 Å². The molecule has 0 aliphatic rings. The molecule has 0 radical (unpaired) electrons. The van der Waals surface area contributed by atoms with Crippen LogP contribution in [0.5, 0.6) is 5.75 Å². The number of ether oxygens (including phenoxy) is 1. The van der Waals surface area contributed by atoms with Gasteiger partial charge in [-0.15, -0.1) is 0 Å². The normalized spacial score (nSPS) is 12.0. The molecular formula is C16H10F6O. The van der Waals surface area contributed by atoms with Gasteiger partial charge in [0.1, 0.15) is 11.6 Å². The van der Waals surface area contributed by atoms with Gasteiger partial charge in [-0.3, -0.25) is 0 Å². The van der Waals surface area contributed by atoms with E-state index in [1.807, 2.05) is 0 Å². The van der Waals surface area contributed by atoms with Gasteiger partial charge in [-0.05, 0) is 24.6 Å². The van der Waals surface area contributed by atoms with Crippen LogP contribution in [0.15, 0.2) is 36.4 Å². The average molecular weight is 332 g/mol. The maximum atomic E-state index is 14.0. The third-order valence-corrected chi connectivity index (χ3v) is 2.87. The Morgan fingerprint density at radius 3 is 2.04 bits per heavy atom. The standard InChI is InChI=1S/C16H10F6O/c1-2-3-9-4-5-11(12(17)6-9)16(21,22)23-10-7-13(18)15(20)14(19)8-10/h2-8H,1H3. The van der Waals surface area contributed by atoms with E-state index in [1.54, 1.807) is 13.0 Å². The van der Waals surface area contributed by atoms with E-state index in [9.17, 15) is 26.3 Å². The lowest BCUT2D eigenvalue weighted by molar-refractivity contribution is -0.187. The number of hydrogen-bond acceptors (Lipinski definition) is 1. The Morgan fingerprint density at radius 2 is 1.52 bits per heavy atom. The minimum absolute atomic E-state index is 0.248. The highest BCUT2D eigenvalue weighted by atomic mass is 19.3. The second-order valence-corrected chi connectivity index (χ2v) is 4.56. The Balaban J connectivity index is 2.35. The summed E-state index contributed by atoms with van der Waals surface area (Å²) < 4.78 is 84.7. The Kier molecular flexibility index (Phi) is 4.68. The predicted octanol–water partition coefficient (Wildman–Crippen LogP) is 5.40.